The van der Waals surface area contributed by atoms with Gasteiger partial charge in [0, 0.05) is 19.4 Å². The lowest BCUT2D eigenvalue weighted by molar-refractivity contribution is -0.126. The van der Waals surface area contributed by atoms with E-state index in [1.54, 1.807) is 0 Å². The van der Waals surface area contributed by atoms with Crippen molar-refractivity contribution in [2.24, 2.45) is 5.92 Å². The Bertz CT molecular complexity index is 207. The van der Waals surface area contributed by atoms with Gasteiger partial charge in [-0.15, -0.1) is 11.6 Å². The lowest BCUT2D eigenvalue weighted by atomic mass is 10.1. The molecule has 0 aliphatic carbocycles. The first-order valence-corrected chi connectivity index (χ1v) is 4.74. The Hall–Kier alpha value is -0.0900. The Morgan fingerprint density at radius 2 is 2.23 bits per heavy atom. The van der Waals surface area contributed by atoms with E-state index in [9.17, 15) is 13.6 Å². The third-order valence-electron chi connectivity index (χ3n) is 1.96. The van der Waals surface area contributed by atoms with Crippen LogP contribution in [0.1, 0.15) is 12.8 Å². The molecule has 1 saturated heterocycles. The standard InChI is InChI=1S/C7H9Cl2F2NO/c8-4-12-3-5(1-6(12)13)2-7(9,10)11/h5H,1-4H2. The highest BCUT2D eigenvalue weighted by Crippen LogP contribution is 2.32. The monoisotopic (exact) mass is 231 g/mol. The summed E-state index contributed by atoms with van der Waals surface area (Å²) in [6.07, 6.45) is -0.345. The van der Waals surface area contributed by atoms with Crippen molar-refractivity contribution in [1.29, 1.82) is 0 Å². The van der Waals surface area contributed by atoms with Gasteiger partial charge in [0.1, 0.15) is 0 Å². The first-order chi connectivity index (χ1) is 5.92. The molecule has 0 saturated carbocycles. The normalized spacial score (nSPS) is 24.2. The molecule has 1 fully saturated rings. The predicted molar refractivity (Wildman–Crippen MR) is 46.0 cm³/mol. The number of likely N-dealkylation sites (tertiary alicyclic amines) is 1. The summed E-state index contributed by atoms with van der Waals surface area (Å²) in [5.41, 5.74) is 0. The number of alkyl halides is 4. The van der Waals surface area contributed by atoms with E-state index < -0.39 is 11.8 Å². The summed E-state index contributed by atoms with van der Waals surface area (Å²) in [4.78, 5) is 12.4. The molecular formula is C7H9Cl2F2NO. The zero-order valence-electron chi connectivity index (χ0n) is 6.77. The van der Waals surface area contributed by atoms with Crippen LogP contribution in [0.15, 0.2) is 0 Å². The van der Waals surface area contributed by atoms with Crippen molar-refractivity contribution in [3.8, 4) is 0 Å². The minimum absolute atomic E-state index is 0.0587. The molecule has 13 heavy (non-hydrogen) atoms. The van der Waals surface area contributed by atoms with Crippen LogP contribution in [0, 0.1) is 5.92 Å². The second kappa shape index (κ2) is 3.96. The minimum Gasteiger partial charge on any atom is -0.329 e. The first kappa shape index (κ1) is 11.0. The minimum atomic E-state index is -3.22. The highest BCUT2D eigenvalue weighted by atomic mass is 35.5. The van der Waals surface area contributed by atoms with Crippen LogP contribution in [-0.2, 0) is 4.79 Å². The van der Waals surface area contributed by atoms with Gasteiger partial charge in [0.05, 0.1) is 6.00 Å². The molecule has 76 valence electrons. The van der Waals surface area contributed by atoms with E-state index >= 15 is 0 Å². The average molecular weight is 232 g/mol. The van der Waals surface area contributed by atoms with Crippen molar-refractivity contribution in [1.82, 2.24) is 4.90 Å². The molecular weight excluding hydrogens is 223 g/mol. The van der Waals surface area contributed by atoms with E-state index in [1.165, 1.54) is 4.90 Å². The van der Waals surface area contributed by atoms with Crippen molar-refractivity contribution in [2.45, 2.75) is 18.2 Å². The summed E-state index contributed by atoms with van der Waals surface area (Å²) in [5, 5.41) is -3.22. The van der Waals surface area contributed by atoms with E-state index in [4.69, 9.17) is 23.2 Å². The second-order valence-electron chi connectivity index (χ2n) is 3.13. The van der Waals surface area contributed by atoms with Crippen LogP contribution in [-0.4, -0.2) is 28.7 Å². The molecule has 0 bridgehead atoms. The SMILES string of the molecule is O=C1CC(CC(F)(F)Cl)CN1CCl. The van der Waals surface area contributed by atoms with Gasteiger partial charge in [-0.25, -0.2) is 0 Å². The summed E-state index contributed by atoms with van der Waals surface area (Å²) in [6.45, 7) is 0.282. The molecule has 1 aliphatic heterocycles. The van der Waals surface area contributed by atoms with Crippen molar-refractivity contribution in [2.75, 3.05) is 12.5 Å². The quantitative estimate of drug-likeness (QED) is 0.539. The topological polar surface area (TPSA) is 20.3 Å². The molecule has 2 nitrogen and oxygen atoms in total. The molecule has 0 N–H and O–H groups in total. The maximum absolute atomic E-state index is 12.3. The molecule has 0 spiro atoms. The molecule has 1 amide bonds. The van der Waals surface area contributed by atoms with Crippen molar-refractivity contribution in [3.05, 3.63) is 0 Å². The van der Waals surface area contributed by atoms with Gasteiger partial charge in [-0.05, 0) is 17.5 Å². The first-order valence-electron chi connectivity index (χ1n) is 3.83. The second-order valence-corrected chi connectivity index (χ2v) is 3.92. The zero-order valence-corrected chi connectivity index (χ0v) is 8.28. The molecule has 0 aromatic carbocycles. The van der Waals surface area contributed by atoms with Gasteiger partial charge in [0.25, 0.3) is 0 Å². The molecule has 1 unspecified atom stereocenters. The summed E-state index contributed by atoms with van der Waals surface area (Å²) < 4.78 is 24.7. The molecule has 1 aliphatic rings. The van der Waals surface area contributed by atoms with Gasteiger partial charge < -0.3 is 4.90 Å². The van der Waals surface area contributed by atoms with E-state index in [0.29, 0.717) is 0 Å². The number of hydrogen-bond donors (Lipinski definition) is 0. The van der Waals surface area contributed by atoms with Gasteiger partial charge in [-0.3, -0.25) is 4.79 Å². The van der Waals surface area contributed by atoms with Crippen LogP contribution in [0.4, 0.5) is 8.78 Å². The number of amides is 1. The Balaban J connectivity index is 2.45. The third-order valence-corrected chi connectivity index (χ3v) is 2.40. The molecule has 0 radical (unpaired) electrons. The largest absolute Gasteiger partial charge is 0.329 e. The number of carbonyl (C=O) groups excluding carboxylic acids is 1. The Morgan fingerprint density at radius 1 is 1.62 bits per heavy atom. The lowest BCUT2D eigenvalue weighted by Gasteiger charge is -2.14. The van der Waals surface area contributed by atoms with Crippen molar-refractivity contribution in [3.63, 3.8) is 0 Å². The molecule has 1 heterocycles. The smallest absolute Gasteiger partial charge is 0.322 e. The zero-order chi connectivity index (χ0) is 10.1. The van der Waals surface area contributed by atoms with Crippen LogP contribution in [0.2, 0.25) is 0 Å². The molecule has 0 aromatic heterocycles. The summed E-state index contributed by atoms with van der Waals surface area (Å²) in [7, 11) is 0. The Labute approximate surface area is 84.8 Å². The summed E-state index contributed by atoms with van der Waals surface area (Å²) >= 11 is 10.2. The van der Waals surface area contributed by atoms with Crippen molar-refractivity contribution >= 4 is 29.1 Å². The molecule has 1 rings (SSSR count). The summed E-state index contributed by atoms with van der Waals surface area (Å²) in [6, 6.07) is 0.0587. The van der Waals surface area contributed by atoms with E-state index in [-0.39, 0.29) is 30.8 Å². The van der Waals surface area contributed by atoms with Gasteiger partial charge in [0.15, 0.2) is 0 Å². The van der Waals surface area contributed by atoms with Crippen LogP contribution < -0.4 is 0 Å². The molecule has 0 aromatic rings. The summed E-state index contributed by atoms with van der Waals surface area (Å²) in [5.74, 6) is -0.556. The van der Waals surface area contributed by atoms with Gasteiger partial charge in [-0.2, -0.15) is 8.78 Å². The number of nitrogens with zero attached hydrogens (tertiary/aromatic N) is 1. The van der Waals surface area contributed by atoms with Crippen LogP contribution in [0.25, 0.3) is 0 Å². The van der Waals surface area contributed by atoms with Gasteiger partial charge in [-0.1, -0.05) is 0 Å². The fourth-order valence-electron chi connectivity index (χ4n) is 1.43. The van der Waals surface area contributed by atoms with E-state index in [0.717, 1.165) is 0 Å². The van der Waals surface area contributed by atoms with Gasteiger partial charge >= 0.3 is 5.38 Å². The fraction of sp³-hybridized carbons (Fsp3) is 0.857. The number of halogens is 4. The van der Waals surface area contributed by atoms with E-state index in [2.05, 4.69) is 0 Å². The van der Waals surface area contributed by atoms with Crippen molar-refractivity contribution < 1.29 is 13.6 Å². The van der Waals surface area contributed by atoms with Crippen LogP contribution in [0.5, 0.6) is 0 Å². The highest BCUT2D eigenvalue weighted by Gasteiger charge is 2.36. The maximum atomic E-state index is 12.3. The molecule has 6 heteroatoms. The number of rotatable bonds is 3. The number of hydrogen-bond acceptors (Lipinski definition) is 1. The number of carbonyl (C=O) groups is 1. The lowest BCUT2D eigenvalue weighted by Crippen LogP contribution is -2.24. The third kappa shape index (κ3) is 3.27. The predicted octanol–water partition coefficient (Wildman–Crippen LogP) is 2.25. The average Bonchev–Trinajstić information content (AvgIpc) is 2.26. The van der Waals surface area contributed by atoms with Crippen LogP contribution >= 0.6 is 23.2 Å². The van der Waals surface area contributed by atoms with E-state index in [1.807, 2.05) is 0 Å². The van der Waals surface area contributed by atoms with Gasteiger partial charge in [0.2, 0.25) is 5.91 Å². The Kier molecular flexibility index (Phi) is 3.35. The Morgan fingerprint density at radius 3 is 2.62 bits per heavy atom. The fourth-order valence-corrected chi connectivity index (χ4v) is 1.88. The van der Waals surface area contributed by atoms with Crippen LogP contribution in [0.3, 0.4) is 0 Å². The maximum Gasteiger partial charge on any atom is 0.322 e. The highest BCUT2D eigenvalue weighted by molar-refractivity contribution is 6.21. The molecule has 1 atom stereocenters.